The van der Waals surface area contributed by atoms with E-state index in [2.05, 4.69) is 37.4 Å². The van der Waals surface area contributed by atoms with Crippen LogP contribution in [0.25, 0.3) is 0 Å². The predicted molar refractivity (Wildman–Crippen MR) is 81.2 cm³/mol. The molecule has 1 N–H and O–H groups in total. The van der Waals surface area contributed by atoms with Gasteiger partial charge >= 0.3 is 0 Å². The molecule has 1 aromatic heterocycles. The molecule has 0 spiro atoms. The summed E-state index contributed by atoms with van der Waals surface area (Å²) < 4.78 is 1.88. The number of aryl methyl sites for hydroxylation is 2. The van der Waals surface area contributed by atoms with Gasteiger partial charge in [-0.3, -0.25) is 4.68 Å². The van der Waals surface area contributed by atoms with Crippen LogP contribution in [0.4, 0.5) is 0 Å². The van der Waals surface area contributed by atoms with E-state index in [0.717, 1.165) is 13.0 Å². The Morgan fingerprint density at radius 1 is 1.44 bits per heavy atom. The van der Waals surface area contributed by atoms with E-state index < -0.39 is 0 Å². The van der Waals surface area contributed by atoms with Crippen LogP contribution in [0.1, 0.15) is 39.2 Å². The minimum Gasteiger partial charge on any atom is -0.313 e. The van der Waals surface area contributed by atoms with Crippen molar-refractivity contribution in [3.05, 3.63) is 18.0 Å². The van der Waals surface area contributed by atoms with Gasteiger partial charge in [-0.25, -0.2) is 0 Å². The number of aromatic nitrogens is 2. The van der Waals surface area contributed by atoms with Gasteiger partial charge in [-0.2, -0.15) is 16.9 Å². The van der Waals surface area contributed by atoms with Crippen LogP contribution in [0, 0.1) is 0 Å². The Morgan fingerprint density at radius 2 is 2.22 bits per heavy atom. The highest BCUT2D eigenvalue weighted by molar-refractivity contribution is 7.99. The van der Waals surface area contributed by atoms with Crippen molar-refractivity contribution in [2.45, 2.75) is 51.3 Å². The number of rotatable bonds is 9. The molecule has 1 rings (SSSR count). The second-order valence-electron chi connectivity index (χ2n) is 5.09. The molecule has 1 aromatic rings. The van der Waals surface area contributed by atoms with Crippen LogP contribution in [-0.2, 0) is 13.5 Å². The van der Waals surface area contributed by atoms with E-state index in [1.165, 1.54) is 24.2 Å². The lowest BCUT2D eigenvalue weighted by atomic mass is 10.1. The van der Waals surface area contributed by atoms with Gasteiger partial charge in [-0.15, -0.1) is 0 Å². The van der Waals surface area contributed by atoms with E-state index >= 15 is 0 Å². The monoisotopic (exact) mass is 269 g/mol. The van der Waals surface area contributed by atoms with Gasteiger partial charge in [0.05, 0.1) is 6.20 Å². The topological polar surface area (TPSA) is 29.9 Å². The fraction of sp³-hybridized carbons (Fsp3) is 0.786. The van der Waals surface area contributed by atoms with E-state index in [4.69, 9.17) is 0 Å². The molecular formula is C14H27N3S. The minimum atomic E-state index is 0.623. The maximum absolute atomic E-state index is 4.22. The lowest BCUT2D eigenvalue weighted by Gasteiger charge is -2.19. The van der Waals surface area contributed by atoms with Crippen molar-refractivity contribution in [1.29, 1.82) is 0 Å². The van der Waals surface area contributed by atoms with Crippen molar-refractivity contribution in [2.24, 2.45) is 7.05 Å². The van der Waals surface area contributed by atoms with Crippen LogP contribution in [0.5, 0.6) is 0 Å². The van der Waals surface area contributed by atoms with Gasteiger partial charge < -0.3 is 5.32 Å². The summed E-state index contributed by atoms with van der Waals surface area (Å²) in [6.45, 7) is 7.88. The van der Waals surface area contributed by atoms with Crippen LogP contribution < -0.4 is 5.32 Å². The molecule has 0 fully saturated rings. The number of nitrogens with one attached hydrogen (secondary N) is 1. The summed E-state index contributed by atoms with van der Waals surface area (Å²) in [4.78, 5) is 0. The molecule has 1 unspecified atom stereocenters. The number of nitrogens with zero attached hydrogens (tertiary/aromatic N) is 2. The van der Waals surface area contributed by atoms with E-state index in [0.29, 0.717) is 11.3 Å². The predicted octanol–water partition coefficient (Wildman–Crippen LogP) is 2.86. The second-order valence-corrected chi connectivity index (χ2v) is 6.70. The molecule has 0 amide bonds. The first-order valence-corrected chi connectivity index (χ1v) is 7.99. The highest BCUT2D eigenvalue weighted by Gasteiger charge is 2.09. The highest BCUT2D eigenvalue weighted by Crippen LogP contribution is 2.14. The molecule has 3 nitrogen and oxygen atoms in total. The summed E-state index contributed by atoms with van der Waals surface area (Å²) >= 11 is 2.05. The Morgan fingerprint density at radius 3 is 2.78 bits per heavy atom. The summed E-state index contributed by atoms with van der Waals surface area (Å²) in [5, 5.41) is 8.59. The van der Waals surface area contributed by atoms with Crippen LogP contribution in [0.15, 0.2) is 12.4 Å². The molecule has 0 aliphatic heterocycles. The Labute approximate surface area is 116 Å². The van der Waals surface area contributed by atoms with Gasteiger partial charge in [-0.05, 0) is 36.6 Å². The maximum atomic E-state index is 4.22. The van der Waals surface area contributed by atoms with Gasteiger partial charge in [0, 0.05) is 25.0 Å². The quantitative estimate of drug-likeness (QED) is 0.747. The standard InChI is InChI=1S/C14H27N3S/c1-5-8-15-14(11-18-12(2)3)7-6-13-9-16-17(4)10-13/h9-10,12,14-15H,5-8,11H2,1-4H3. The molecule has 18 heavy (non-hydrogen) atoms. The van der Waals surface area contributed by atoms with Crippen LogP contribution >= 0.6 is 11.8 Å². The molecule has 0 radical (unpaired) electrons. The fourth-order valence-electron chi connectivity index (χ4n) is 1.84. The Kier molecular flexibility index (Phi) is 7.44. The van der Waals surface area contributed by atoms with E-state index in [9.17, 15) is 0 Å². The SMILES string of the molecule is CCCNC(CCc1cnn(C)c1)CSC(C)C. The summed E-state index contributed by atoms with van der Waals surface area (Å²) in [6, 6.07) is 0.623. The number of hydrogen-bond donors (Lipinski definition) is 1. The molecule has 0 bridgehead atoms. The lowest BCUT2D eigenvalue weighted by Crippen LogP contribution is -2.32. The lowest BCUT2D eigenvalue weighted by molar-refractivity contribution is 0.519. The van der Waals surface area contributed by atoms with Gasteiger partial charge in [0.15, 0.2) is 0 Å². The zero-order chi connectivity index (χ0) is 13.4. The van der Waals surface area contributed by atoms with Gasteiger partial charge in [0.2, 0.25) is 0 Å². The molecule has 0 aromatic carbocycles. The van der Waals surface area contributed by atoms with Gasteiger partial charge in [-0.1, -0.05) is 20.8 Å². The molecule has 4 heteroatoms. The van der Waals surface area contributed by atoms with Gasteiger partial charge in [0.1, 0.15) is 0 Å². The largest absolute Gasteiger partial charge is 0.313 e. The first-order chi connectivity index (χ1) is 8.61. The maximum Gasteiger partial charge on any atom is 0.0521 e. The third-order valence-corrected chi connectivity index (χ3v) is 4.12. The minimum absolute atomic E-state index is 0.623. The molecule has 0 aliphatic rings. The van der Waals surface area contributed by atoms with Crippen molar-refractivity contribution in [3.63, 3.8) is 0 Å². The summed E-state index contributed by atoms with van der Waals surface area (Å²) in [7, 11) is 1.98. The van der Waals surface area contributed by atoms with Crippen molar-refractivity contribution in [1.82, 2.24) is 15.1 Å². The highest BCUT2D eigenvalue weighted by atomic mass is 32.2. The number of hydrogen-bond acceptors (Lipinski definition) is 3. The Balaban J connectivity index is 2.34. The first kappa shape index (κ1) is 15.6. The molecule has 0 saturated heterocycles. The van der Waals surface area contributed by atoms with Crippen LogP contribution in [0.2, 0.25) is 0 Å². The van der Waals surface area contributed by atoms with E-state index in [1.54, 1.807) is 0 Å². The van der Waals surface area contributed by atoms with Crippen molar-refractivity contribution >= 4 is 11.8 Å². The normalized spacial score (nSPS) is 13.2. The zero-order valence-corrected chi connectivity index (χ0v) is 13.0. The number of thioether (sulfide) groups is 1. The van der Waals surface area contributed by atoms with Crippen molar-refractivity contribution in [2.75, 3.05) is 12.3 Å². The third kappa shape index (κ3) is 6.45. The summed E-state index contributed by atoms with van der Waals surface area (Å²) in [5.74, 6) is 1.21. The first-order valence-electron chi connectivity index (χ1n) is 6.94. The fourth-order valence-corrected chi connectivity index (χ4v) is 2.74. The van der Waals surface area contributed by atoms with E-state index in [1.807, 2.05) is 29.7 Å². The van der Waals surface area contributed by atoms with Crippen molar-refractivity contribution in [3.8, 4) is 0 Å². The molecular weight excluding hydrogens is 242 g/mol. The third-order valence-electron chi connectivity index (χ3n) is 2.85. The smallest absolute Gasteiger partial charge is 0.0521 e. The zero-order valence-electron chi connectivity index (χ0n) is 12.1. The van der Waals surface area contributed by atoms with Gasteiger partial charge in [0.25, 0.3) is 0 Å². The molecule has 1 heterocycles. The molecule has 0 aliphatic carbocycles. The van der Waals surface area contributed by atoms with Crippen LogP contribution in [0.3, 0.4) is 0 Å². The summed E-state index contributed by atoms with van der Waals surface area (Å²) in [6.07, 6.45) is 7.62. The van der Waals surface area contributed by atoms with Crippen molar-refractivity contribution < 1.29 is 0 Å². The second kappa shape index (κ2) is 8.59. The Hall–Kier alpha value is -0.480. The molecule has 0 saturated carbocycles. The molecule has 104 valence electrons. The average molecular weight is 269 g/mol. The Bertz CT molecular complexity index is 323. The summed E-state index contributed by atoms with van der Waals surface area (Å²) in [5.41, 5.74) is 1.34. The average Bonchev–Trinajstić information content (AvgIpc) is 2.74. The van der Waals surface area contributed by atoms with E-state index in [-0.39, 0.29) is 0 Å². The molecule has 1 atom stereocenters. The van der Waals surface area contributed by atoms with Crippen LogP contribution in [-0.4, -0.2) is 33.4 Å².